The molecule has 0 saturated heterocycles. The molecule has 0 aliphatic heterocycles. The molecule has 1 N–H and O–H groups in total. The highest BCUT2D eigenvalue weighted by Gasteiger charge is 2.00. The van der Waals surface area contributed by atoms with Crippen molar-refractivity contribution < 1.29 is 0 Å². The van der Waals surface area contributed by atoms with Crippen molar-refractivity contribution in [3.05, 3.63) is 12.8 Å². The Bertz CT molecular complexity index is 161. The predicted molar refractivity (Wildman–Crippen MR) is 49.1 cm³/mol. The molecular formula is C8H15N3. The van der Waals surface area contributed by atoms with Gasteiger partial charge in [-0.05, 0) is 19.5 Å². The van der Waals surface area contributed by atoms with Crippen LogP contribution in [0.15, 0.2) is 17.8 Å². The molecule has 0 aromatic rings. The molecule has 3 nitrogen and oxygen atoms in total. The van der Waals surface area contributed by atoms with E-state index in [9.17, 15) is 0 Å². The van der Waals surface area contributed by atoms with Crippen LogP contribution in [0.4, 0.5) is 0 Å². The van der Waals surface area contributed by atoms with Crippen molar-refractivity contribution in [2.45, 2.75) is 20.3 Å². The van der Waals surface area contributed by atoms with Crippen LogP contribution >= 0.6 is 0 Å². The quantitative estimate of drug-likeness (QED) is 0.488. The van der Waals surface area contributed by atoms with E-state index in [4.69, 9.17) is 5.41 Å². The van der Waals surface area contributed by atoms with E-state index in [0.29, 0.717) is 0 Å². The van der Waals surface area contributed by atoms with Gasteiger partial charge in [-0.25, -0.2) is 4.99 Å². The lowest BCUT2D eigenvalue weighted by molar-refractivity contribution is 0.541. The average Bonchev–Trinajstić information content (AvgIpc) is 2.00. The summed E-state index contributed by atoms with van der Waals surface area (Å²) in [4.78, 5) is 5.54. The number of guanidine groups is 1. The summed E-state index contributed by atoms with van der Waals surface area (Å²) in [6.07, 6.45) is 4.22. The van der Waals surface area contributed by atoms with Crippen LogP contribution in [0.3, 0.4) is 0 Å². The number of nitrogens with one attached hydrogen (secondary N) is 1. The maximum atomic E-state index is 7.41. The molecule has 0 aromatic carbocycles. The smallest absolute Gasteiger partial charge is 0.221 e. The maximum Gasteiger partial charge on any atom is 0.221 e. The van der Waals surface area contributed by atoms with E-state index in [1.54, 1.807) is 24.2 Å². The van der Waals surface area contributed by atoms with Crippen molar-refractivity contribution in [1.82, 2.24) is 4.90 Å². The van der Waals surface area contributed by atoms with Crippen LogP contribution in [-0.4, -0.2) is 23.6 Å². The molecule has 0 aromatic heterocycles. The standard InChI is InChI=1S/C8H15N3/c1-4-7-11(6-3)8(9)10-5-2/h5-6,9H,3-4,7H2,1-2H3/b9-8?,10-5-. The van der Waals surface area contributed by atoms with Crippen molar-refractivity contribution in [3.8, 4) is 0 Å². The topological polar surface area (TPSA) is 39.5 Å². The normalized spacial score (nSPS) is 10.0. The summed E-state index contributed by atoms with van der Waals surface area (Å²) >= 11 is 0. The molecule has 0 atom stereocenters. The third-order valence-electron chi connectivity index (χ3n) is 1.21. The molecule has 0 bridgehead atoms. The largest absolute Gasteiger partial charge is 0.318 e. The number of aliphatic imine (C=N–C) groups is 1. The summed E-state index contributed by atoms with van der Waals surface area (Å²) in [5.74, 6) is 0.254. The first-order valence-electron chi connectivity index (χ1n) is 3.72. The lowest BCUT2D eigenvalue weighted by Gasteiger charge is -2.15. The summed E-state index contributed by atoms with van der Waals surface area (Å²) in [6.45, 7) is 8.25. The van der Waals surface area contributed by atoms with E-state index in [0.717, 1.165) is 13.0 Å². The highest BCUT2D eigenvalue weighted by Crippen LogP contribution is 1.93. The van der Waals surface area contributed by atoms with Gasteiger partial charge in [0.1, 0.15) is 0 Å². The lowest BCUT2D eigenvalue weighted by Crippen LogP contribution is -2.23. The Morgan fingerprint density at radius 1 is 1.73 bits per heavy atom. The molecule has 0 radical (unpaired) electrons. The highest BCUT2D eigenvalue weighted by molar-refractivity contribution is 5.85. The SMILES string of the molecule is C=CN(CCC)C(=N)/N=C\C. The van der Waals surface area contributed by atoms with E-state index in [1.807, 2.05) is 0 Å². The molecule has 0 spiro atoms. The van der Waals surface area contributed by atoms with Crippen LogP contribution in [0, 0.1) is 5.41 Å². The minimum atomic E-state index is 0.254. The van der Waals surface area contributed by atoms with Crippen LogP contribution in [0.25, 0.3) is 0 Å². The van der Waals surface area contributed by atoms with Gasteiger partial charge in [-0.15, -0.1) is 0 Å². The Labute approximate surface area is 67.9 Å². The fourth-order valence-corrected chi connectivity index (χ4v) is 0.721. The molecular weight excluding hydrogens is 138 g/mol. The van der Waals surface area contributed by atoms with Gasteiger partial charge in [-0.2, -0.15) is 0 Å². The van der Waals surface area contributed by atoms with Crippen LogP contribution < -0.4 is 0 Å². The summed E-state index contributed by atoms with van der Waals surface area (Å²) in [7, 11) is 0. The van der Waals surface area contributed by atoms with Crippen molar-refractivity contribution in [2.75, 3.05) is 6.54 Å². The van der Waals surface area contributed by atoms with Crippen molar-refractivity contribution >= 4 is 12.2 Å². The van der Waals surface area contributed by atoms with Gasteiger partial charge in [0, 0.05) is 12.8 Å². The fraction of sp³-hybridized carbons (Fsp3) is 0.500. The van der Waals surface area contributed by atoms with Gasteiger partial charge in [0.2, 0.25) is 5.96 Å². The number of nitrogens with zero attached hydrogens (tertiary/aromatic N) is 2. The summed E-state index contributed by atoms with van der Waals surface area (Å²) < 4.78 is 0. The number of hydrogen-bond acceptors (Lipinski definition) is 1. The molecule has 0 heterocycles. The van der Waals surface area contributed by atoms with Crippen LogP contribution in [-0.2, 0) is 0 Å². The molecule has 0 fully saturated rings. The van der Waals surface area contributed by atoms with E-state index >= 15 is 0 Å². The zero-order valence-electron chi connectivity index (χ0n) is 7.17. The summed E-state index contributed by atoms with van der Waals surface area (Å²) in [5, 5.41) is 7.41. The van der Waals surface area contributed by atoms with Crippen LogP contribution in [0.5, 0.6) is 0 Å². The third-order valence-corrected chi connectivity index (χ3v) is 1.21. The molecule has 0 aliphatic rings. The van der Waals surface area contributed by atoms with E-state index in [2.05, 4.69) is 18.5 Å². The molecule has 0 unspecified atom stereocenters. The Balaban J connectivity index is 4.02. The maximum absolute atomic E-state index is 7.41. The van der Waals surface area contributed by atoms with Crippen molar-refractivity contribution in [2.24, 2.45) is 4.99 Å². The lowest BCUT2D eigenvalue weighted by atomic mass is 10.4. The third kappa shape index (κ3) is 3.55. The minimum absolute atomic E-state index is 0.254. The molecule has 3 heteroatoms. The Morgan fingerprint density at radius 3 is 2.73 bits per heavy atom. The second kappa shape index (κ2) is 5.65. The molecule has 11 heavy (non-hydrogen) atoms. The summed E-state index contributed by atoms with van der Waals surface area (Å²) in [5.41, 5.74) is 0. The van der Waals surface area contributed by atoms with Crippen molar-refractivity contribution in [3.63, 3.8) is 0 Å². The van der Waals surface area contributed by atoms with E-state index < -0.39 is 0 Å². The fourth-order valence-electron chi connectivity index (χ4n) is 0.721. The average molecular weight is 153 g/mol. The van der Waals surface area contributed by atoms with Crippen LogP contribution in [0.1, 0.15) is 20.3 Å². The highest BCUT2D eigenvalue weighted by atomic mass is 15.2. The Hall–Kier alpha value is -1.12. The molecule has 0 saturated carbocycles. The molecule has 62 valence electrons. The molecule has 0 rings (SSSR count). The van der Waals surface area contributed by atoms with Gasteiger partial charge in [0.05, 0.1) is 0 Å². The first-order chi connectivity index (χ1) is 5.26. The second-order valence-electron chi connectivity index (χ2n) is 2.09. The number of rotatable bonds is 3. The van der Waals surface area contributed by atoms with Gasteiger partial charge < -0.3 is 4.90 Å². The van der Waals surface area contributed by atoms with Crippen LogP contribution in [0.2, 0.25) is 0 Å². The zero-order valence-corrected chi connectivity index (χ0v) is 7.17. The van der Waals surface area contributed by atoms with E-state index in [-0.39, 0.29) is 5.96 Å². The second-order valence-corrected chi connectivity index (χ2v) is 2.09. The molecule has 0 amide bonds. The molecule has 0 aliphatic carbocycles. The monoisotopic (exact) mass is 153 g/mol. The predicted octanol–water partition coefficient (Wildman–Crippen LogP) is 1.87. The van der Waals surface area contributed by atoms with E-state index in [1.165, 1.54) is 0 Å². The minimum Gasteiger partial charge on any atom is -0.318 e. The zero-order chi connectivity index (χ0) is 8.69. The van der Waals surface area contributed by atoms with Gasteiger partial charge in [-0.3, -0.25) is 5.41 Å². The van der Waals surface area contributed by atoms with Gasteiger partial charge >= 0.3 is 0 Å². The van der Waals surface area contributed by atoms with Crippen molar-refractivity contribution in [1.29, 1.82) is 5.41 Å². The summed E-state index contributed by atoms with van der Waals surface area (Å²) in [6, 6.07) is 0. The van der Waals surface area contributed by atoms with Gasteiger partial charge in [0.15, 0.2) is 0 Å². The van der Waals surface area contributed by atoms with Gasteiger partial charge in [0.25, 0.3) is 0 Å². The Morgan fingerprint density at radius 2 is 2.36 bits per heavy atom. The Kier molecular flexibility index (Phi) is 5.07. The first kappa shape index (κ1) is 9.88. The first-order valence-corrected chi connectivity index (χ1v) is 3.72. The number of hydrogen-bond donors (Lipinski definition) is 1. The van der Waals surface area contributed by atoms with Gasteiger partial charge in [-0.1, -0.05) is 13.5 Å².